The fourth-order valence-electron chi connectivity index (χ4n) is 5.21. The van der Waals surface area contributed by atoms with Crippen LogP contribution in [0.3, 0.4) is 0 Å². The fraction of sp³-hybridized carbons (Fsp3) is 0.321. The third-order valence-electron chi connectivity index (χ3n) is 7.38. The van der Waals surface area contributed by atoms with E-state index in [1.165, 1.54) is 0 Å². The number of carbonyl (C=O) groups excluding carboxylic acids is 4. The van der Waals surface area contributed by atoms with E-state index in [2.05, 4.69) is 27.9 Å². The monoisotopic (exact) mass is 513 g/mol. The van der Waals surface area contributed by atoms with Gasteiger partial charge >= 0.3 is 0 Å². The number of fused-ring (bicyclic) bond motifs is 1. The summed E-state index contributed by atoms with van der Waals surface area (Å²) in [6.45, 7) is 1.02. The van der Waals surface area contributed by atoms with Crippen molar-refractivity contribution in [2.45, 2.75) is 57.0 Å². The zero-order chi connectivity index (χ0) is 26.2. The first kappa shape index (κ1) is 24.1. The summed E-state index contributed by atoms with van der Waals surface area (Å²) < 4.78 is 7.95. The fourth-order valence-corrected chi connectivity index (χ4v) is 5.21. The minimum Gasteiger partial charge on any atom is -0.380 e. The van der Waals surface area contributed by atoms with E-state index < -0.39 is 29.7 Å². The third kappa shape index (κ3) is 4.47. The van der Waals surface area contributed by atoms with E-state index in [4.69, 9.17) is 4.74 Å². The van der Waals surface area contributed by atoms with Crippen LogP contribution in [-0.4, -0.2) is 50.5 Å². The van der Waals surface area contributed by atoms with Crippen molar-refractivity contribution in [2.75, 3.05) is 5.32 Å². The number of hydrogen-bond acceptors (Lipinski definition) is 7. The molecule has 10 nitrogen and oxygen atoms in total. The van der Waals surface area contributed by atoms with Crippen molar-refractivity contribution < 1.29 is 23.9 Å². The predicted octanol–water partition coefficient (Wildman–Crippen LogP) is 2.82. The van der Waals surface area contributed by atoms with Crippen molar-refractivity contribution in [3.05, 3.63) is 83.2 Å². The first-order valence-electron chi connectivity index (χ1n) is 12.7. The molecular weight excluding hydrogens is 486 g/mol. The molecule has 2 N–H and O–H groups in total. The van der Waals surface area contributed by atoms with Crippen LogP contribution in [0.1, 0.15) is 63.6 Å². The predicted molar refractivity (Wildman–Crippen MR) is 136 cm³/mol. The molecule has 194 valence electrons. The molecule has 38 heavy (non-hydrogen) atoms. The van der Waals surface area contributed by atoms with Gasteiger partial charge in [0.1, 0.15) is 6.04 Å². The van der Waals surface area contributed by atoms with Gasteiger partial charge < -0.3 is 10.1 Å². The van der Waals surface area contributed by atoms with Crippen LogP contribution >= 0.6 is 0 Å². The molecular formula is C28H27N5O5. The third-order valence-corrected chi connectivity index (χ3v) is 7.38. The molecule has 10 heteroatoms. The van der Waals surface area contributed by atoms with E-state index in [1.807, 2.05) is 29.1 Å². The Kier molecular flexibility index (Phi) is 6.24. The van der Waals surface area contributed by atoms with Gasteiger partial charge in [-0.2, -0.15) is 5.10 Å². The Morgan fingerprint density at radius 1 is 0.974 bits per heavy atom. The number of imide groups is 2. The van der Waals surface area contributed by atoms with E-state index in [1.54, 1.807) is 24.4 Å². The van der Waals surface area contributed by atoms with Gasteiger partial charge in [0.25, 0.3) is 11.8 Å². The molecule has 1 unspecified atom stereocenters. The van der Waals surface area contributed by atoms with E-state index in [0.717, 1.165) is 28.9 Å². The normalized spacial score (nSPS) is 22.7. The van der Waals surface area contributed by atoms with Crippen molar-refractivity contribution in [3.63, 3.8) is 0 Å². The summed E-state index contributed by atoms with van der Waals surface area (Å²) in [7, 11) is 0. The van der Waals surface area contributed by atoms with Crippen LogP contribution in [0.2, 0.25) is 0 Å². The van der Waals surface area contributed by atoms with Gasteiger partial charge in [-0.05, 0) is 37.0 Å². The number of ether oxygens (including phenoxy) is 1. The zero-order valence-electron chi connectivity index (χ0n) is 20.6. The minimum absolute atomic E-state index is 0.0831. The standard InChI is InChI=1S/C28H27N5O5/c34-24-10-9-23(26(35)31-24)33-27(36)21-7-4-8-22(25(21)28(33)37)29-13-18-14-30-32(15-18)19-11-20(12-19)38-16-17-5-2-1-3-6-17/h1-8,14-15,19-20,23,29H,9-13,16H2,(H,31,34,35). The lowest BCUT2D eigenvalue weighted by molar-refractivity contribution is -0.136. The largest absolute Gasteiger partial charge is 0.380 e. The summed E-state index contributed by atoms with van der Waals surface area (Å²) in [4.78, 5) is 51.1. The van der Waals surface area contributed by atoms with Gasteiger partial charge in [-0.15, -0.1) is 0 Å². The van der Waals surface area contributed by atoms with Gasteiger partial charge in [-0.25, -0.2) is 0 Å². The lowest BCUT2D eigenvalue weighted by atomic mass is 9.89. The van der Waals surface area contributed by atoms with Gasteiger partial charge in [-0.3, -0.25) is 34.1 Å². The Labute approximate surface area is 218 Å². The van der Waals surface area contributed by atoms with E-state index >= 15 is 0 Å². The topological polar surface area (TPSA) is 123 Å². The number of amides is 4. The number of carbonyl (C=O) groups is 4. The molecule has 0 radical (unpaired) electrons. The molecule has 1 aromatic heterocycles. The maximum atomic E-state index is 13.3. The Hall–Kier alpha value is -4.31. The number of rotatable bonds is 8. The van der Waals surface area contributed by atoms with Crippen LogP contribution in [0.5, 0.6) is 0 Å². The smallest absolute Gasteiger partial charge is 0.264 e. The second-order valence-electron chi connectivity index (χ2n) is 9.90. The van der Waals surface area contributed by atoms with Crippen LogP contribution < -0.4 is 10.6 Å². The van der Waals surface area contributed by atoms with Crippen molar-refractivity contribution in [1.29, 1.82) is 0 Å². The van der Waals surface area contributed by atoms with Gasteiger partial charge in [0.15, 0.2) is 0 Å². The molecule has 3 heterocycles. The van der Waals surface area contributed by atoms with Gasteiger partial charge in [-0.1, -0.05) is 36.4 Å². The molecule has 2 aromatic carbocycles. The van der Waals surface area contributed by atoms with Gasteiger partial charge in [0, 0.05) is 30.4 Å². The number of anilines is 1. The average Bonchev–Trinajstić information content (AvgIpc) is 3.46. The molecule has 1 aliphatic carbocycles. The van der Waals surface area contributed by atoms with Crippen LogP contribution in [0.4, 0.5) is 5.69 Å². The number of aromatic nitrogens is 2. The summed E-state index contributed by atoms with van der Waals surface area (Å²) >= 11 is 0. The lowest BCUT2D eigenvalue weighted by Gasteiger charge is -2.35. The van der Waals surface area contributed by atoms with Crippen molar-refractivity contribution >= 4 is 29.3 Å². The molecule has 2 fully saturated rings. The quantitative estimate of drug-likeness (QED) is 0.444. The second kappa shape index (κ2) is 9.86. The molecule has 0 bridgehead atoms. The maximum Gasteiger partial charge on any atom is 0.264 e. The molecule has 0 spiro atoms. The zero-order valence-corrected chi connectivity index (χ0v) is 20.6. The number of benzene rings is 2. The number of hydrogen-bond donors (Lipinski definition) is 2. The second-order valence-corrected chi connectivity index (χ2v) is 9.90. The van der Waals surface area contributed by atoms with Gasteiger partial charge in [0.05, 0.1) is 36.1 Å². The van der Waals surface area contributed by atoms with E-state index in [0.29, 0.717) is 18.8 Å². The highest BCUT2D eigenvalue weighted by molar-refractivity contribution is 6.25. The number of piperidine rings is 1. The molecule has 1 atom stereocenters. The summed E-state index contributed by atoms with van der Waals surface area (Å²) in [6.07, 6.45) is 6.00. The van der Waals surface area contributed by atoms with Crippen LogP contribution in [0.15, 0.2) is 60.9 Å². The molecule has 1 saturated carbocycles. The number of nitrogens with zero attached hydrogens (tertiary/aromatic N) is 3. The summed E-state index contributed by atoms with van der Waals surface area (Å²) in [6, 6.07) is 14.4. The molecule has 4 amide bonds. The lowest BCUT2D eigenvalue weighted by Crippen LogP contribution is -2.54. The van der Waals surface area contributed by atoms with Crippen LogP contribution in [-0.2, 0) is 27.5 Å². The Bertz CT molecular complexity index is 1410. The Morgan fingerprint density at radius 3 is 2.58 bits per heavy atom. The van der Waals surface area contributed by atoms with Crippen LogP contribution in [0.25, 0.3) is 0 Å². The highest BCUT2D eigenvalue weighted by atomic mass is 16.5. The first-order chi connectivity index (χ1) is 18.5. The molecule has 1 saturated heterocycles. The van der Waals surface area contributed by atoms with Crippen molar-refractivity contribution in [2.24, 2.45) is 0 Å². The molecule has 2 aliphatic heterocycles. The average molecular weight is 514 g/mol. The summed E-state index contributed by atoms with van der Waals surface area (Å²) in [5, 5.41) is 9.98. The Morgan fingerprint density at radius 2 is 1.79 bits per heavy atom. The molecule has 3 aliphatic rings. The number of nitrogens with one attached hydrogen (secondary N) is 2. The minimum atomic E-state index is -0.992. The Balaban J connectivity index is 1.07. The molecule has 3 aromatic rings. The maximum absolute atomic E-state index is 13.3. The van der Waals surface area contributed by atoms with E-state index in [-0.39, 0.29) is 36.1 Å². The summed E-state index contributed by atoms with van der Waals surface area (Å²) in [5.74, 6) is -2.08. The SMILES string of the molecule is O=C1CCC(N2C(=O)c3cccc(NCc4cnn(C5CC(OCc6ccccc6)C5)c4)c3C2=O)C(=O)N1. The van der Waals surface area contributed by atoms with Crippen LogP contribution in [0, 0.1) is 0 Å². The first-order valence-corrected chi connectivity index (χ1v) is 12.7. The van der Waals surface area contributed by atoms with Crippen molar-refractivity contribution in [3.8, 4) is 0 Å². The summed E-state index contributed by atoms with van der Waals surface area (Å²) in [5.41, 5.74) is 3.11. The highest BCUT2D eigenvalue weighted by Crippen LogP contribution is 2.35. The highest BCUT2D eigenvalue weighted by Gasteiger charge is 2.45. The molecule has 6 rings (SSSR count). The van der Waals surface area contributed by atoms with E-state index in [9.17, 15) is 19.2 Å². The van der Waals surface area contributed by atoms with Crippen molar-refractivity contribution in [1.82, 2.24) is 20.0 Å². The van der Waals surface area contributed by atoms with Gasteiger partial charge in [0.2, 0.25) is 11.8 Å².